The third kappa shape index (κ3) is 3.64. The van der Waals surface area contributed by atoms with Crippen molar-refractivity contribution < 1.29 is 4.79 Å². The topological polar surface area (TPSA) is 67.2 Å². The van der Waals surface area contributed by atoms with Gasteiger partial charge in [0, 0.05) is 28.9 Å². The van der Waals surface area contributed by atoms with Gasteiger partial charge in [-0.2, -0.15) is 5.10 Å². The highest BCUT2D eigenvalue weighted by molar-refractivity contribution is 6.08. The van der Waals surface area contributed by atoms with Crippen LogP contribution in [-0.2, 0) is 0 Å². The van der Waals surface area contributed by atoms with E-state index in [0.717, 1.165) is 27.7 Å². The van der Waals surface area contributed by atoms with Crippen molar-refractivity contribution in [3.8, 4) is 11.3 Å². The van der Waals surface area contributed by atoms with Gasteiger partial charge in [0.2, 0.25) is 0 Å². The van der Waals surface area contributed by atoms with Crippen molar-refractivity contribution >= 4 is 22.5 Å². The predicted octanol–water partition coefficient (Wildman–Crippen LogP) is 4.45. The SMILES string of the molecule is C/C(=N/NC(=O)c1cc(-c2ccccc2)nc2ccccc12)c1cccnc1. The van der Waals surface area contributed by atoms with Crippen molar-refractivity contribution in [2.75, 3.05) is 0 Å². The molecule has 0 unspecified atom stereocenters. The first-order chi connectivity index (χ1) is 13.7. The number of nitrogens with one attached hydrogen (secondary N) is 1. The van der Waals surface area contributed by atoms with Crippen LogP contribution in [0, 0.1) is 0 Å². The van der Waals surface area contributed by atoms with Gasteiger partial charge >= 0.3 is 0 Å². The molecule has 1 N–H and O–H groups in total. The lowest BCUT2D eigenvalue weighted by molar-refractivity contribution is 0.0956. The molecule has 0 saturated carbocycles. The number of aromatic nitrogens is 2. The minimum absolute atomic E-state index is 0.279. The van der Waals surface area contributed by atoms with Gasteiger partial charge in [0.05, 0.1) is 22.5 Å². The second-order valence-electron chi connectivity index (χ2n) is 6.32. The maximum absolute atomic E-state index is 12.9. The Hall–Kier alpha value is -3.86. The van der Waals surface area contributed by atoms with Gasteiger partial charge in [0.15, 0.2) is 0 Å². The van der Waals surface area contributed by atoms with Crippen LogP contribution in [0.2, 0.25) is 0 Å². The number of carbonyl (C=O) groups is 1. The molecule has 0 fully saturated rings. The number of para-hydroxylation sites is 1. The molecule has 0 spiro atoms. The molecule has 2 aromatic heterocycles. The van der Waals surface area contributed by atoms with Crippen LogP contribution in [0.15, 0.2) is 90.3 Å². The highest BCUT2D eigenvalue weighted by Gasteiger charge is 2.13. The lowest BCUT2D eigenvalue weighted by Crippen LogP contribution is -2.20. The molecule has 2 aromatic carbocycles. The Morgan fingerprint density at radius 1 is 0.964 bits per heavy atom. The summed E-state index contributed by atoms with van der Waals surface area (Å²) in [7, 11) is 0. The molecule has 0 atom stereocenters. The Balaban J connectivity index is 1.72. The van der Waals surface area contributed by atoms with Gasteiger partial charge in [-0.3, -0.25) is 9.78 Å². The zero-order valence-corrected chi connectivity index (χ0v) is 15.3. The lowest BCUT2D eigenvalue weighted by Gasteiger charge is -2.09. The number of hydrogen-bond donors (Lipinski definition) is 1. The number of carbonyl (C=O) groups excluding carboxylic acids is 1. The van der Waals surface area contributed by atoms with Crippen molar-refractivity contribution in [1.82, 2.24) is 15.4 Å². The van der Waals surface area contributed by atoms with E-state index in [-0.39, 0.29) is 5.91 Å². The van der Waals surface area contributed by atoms with E-state index in [1.54, 1.807) is 12.4 Å². The zero-order chi connectivity index (χ0) is 19.3. The van der Waals surface area contributed by atoms with Gasteiger partial charge in [0.25, 0.3) is 5.91 Å². The standard InChI is InChI=1S/C23H18N4O/c1-16(18-10-7-13-24-15-18)26-27-23(28)20-14-22(17-8-3-2-4-9-17)25-21-12-6-5-11-19(20)21/h2-15H,1H3,(H,27,28)/b26-16-. The van der Waals surface area contributed by atoms with E-state index in [2.05, 4.69) is 15.5 Å². The Bertz CT molecular complexity index is 1160. The number of nitrogens with zero attached hydrogens (tertiary/aromatic N) is 3. The third-order valence-corrected chi connectivity index (χ3v) is 4.43. The van der Waals surface area contributed by atoms with Crippen LogP contribution >= 0.6 is 0 Å². The quantitative estimate of drug-likeness (QED) is 0.429. The van der Waals surface area contributed by atoms with Crippen LogP contribution in [0.25, 0.3) is 22.2 Å². The summed E-state index contributed by atoms with van der Waals surface area (Å²) in [5.41, 5.74) is 7.20. The predicted molar refractivity (Wildman–Crippen MR) is 111 cm³/mol. The maximum Gasteiger partial charge on any atom is 0.272 e. The second-order valence-corrected chi connectivity index (χ2v) is 6.32. The van der Waals surface area contributed by atoms with Gasteiger partial charge in [0.1, 0.15) is 0 Å². The van der Waals surface area contributed by atoms with Gasteiger partial charge in [-0.05, 0) is 25.1 Å². The summed E-state index contributed by atoms with van der Waals surface area (Å²) in [6.07, 6.45) is 3.41. The molecule has 28 heavy (non-hydrogen) atoms. The highest BCUT2D eigenvalue weighted by atomic mass is 16.2. The monoisotopic (exact) mass is 366 g/mol. The Morgan fingerprint density at radius 3 is 2.54 bits per heavy atom. The number of hydrogen-bond acceptors (Lipinski definition) is 4. The first-order valence-corrected chi connectivity index (χ1v) is 8.92. The molecule has 4 aromatic rings. The Labute approximate surface area is 162 Å². The normalized spacial score (nSPS) is 11.4. The molecular formula is C23H18N4O. The van der Waals surface area contributed by atoms with Crippen LogP contribution < -0.4 is 5.43 Å². The fourth-order valence-electron chi connectivity index (χ4n) is 2.96. The number of fused-ring (bicyclic) bond motifs is 1. The molecule has 0 aliphatic heterocycles. The van der Waals surface area contributed by atoms with Crippen LogP contribution in [0.1, 0.15) is 22.8 Å². The molecule has 0 radical (unpaired) electrons. The number of pyridine rings is 2. The first kappa shape index (κ1) is 17.5. The lowest BCUT2D eigenvalue weighted by atomic mass is 10.0. The average molecular weight is 366 g/mol. The van der Waals surface area contributed by atoms with E-state index < -0.39 is 0 Å². The van der Waals surface area contributed by atoms with E-state index in [9.17, 15) is 4.79 Å². The van der Waals surface area contributed by atoms with E-state index in [1.807, 2.05) is 79.7 Å². The zero-order valence-electron chi connectivity index (χ0n) is 15.3. The number of rotatable bonds is 4. The maximum atomic E-state index is 12.9. The minimum Gasteiger partial charge on any atom is -0.267 e. The molecule has 5 nitrogen and oxygen atoms in total. The van der Waals surface area contributed by atoms with Gasteiger partial charge < -0.3 is 0 Å². The van der Waals surface area contributed by atoms with Gasteiger partial charge in [-0.1, -0.05) is 54.6 Å². The smallest absolute Gasteiger partial charge is 0.267 e. The van der Waals surface area contributed by atoms with Crippen molar-refractivity contribution in [1.29, 1.82) is 0 Å². The van der Waals surface area contributed by atoms with Crippen LogP contribution in [-0.4, -0.2) is 21.6 Å². The second kappa shape index (κ2) is 7.80. The molecule has 0 bridgehead atoms. The summed E-state index contributed by atoms with van der Waals surface area (Å²) >= 11 is 0. The van der Waals surface area contributed by atoms with Crippen LogP contribution in [0.5, 0.6) is 0 Å². The van der Waals surface area contributed by atoms with E-state index in [0.29, 0.717) is 11.3 Å². The average Bonchev–Trinajstić information content (AvgIpc) is 2.77. The summed E-state index contributed by atoms with van der Waals surface area (Å²) < 4.78 is 0. The molecule has 0 aliphatic rings. The van der Waals surface area contributed by atoms with E-state index >= 15 is 0 Å². The molecule has 0 aliphatic carbocycles. The molecule has 1 amide bonds. The number of benzene rings is 2. The highest BCUT2D eigenvalue weighted by Crippen LogP contribution is 2.24. The van der Waals surface area contributed by atoms with Gasteiger partial charge in [-0.25, -0.2) is 10.4 Å². The van der Waals surface area contributed by atoms with Crippen molar-refractivity contribution in [2.24, 2.45) is 5.10 Å². The number of amides is 1. The largest absolute Gasteiger partial charge is 0.272 e. The minimum atomic E-state index is -0.279. The summed E-state index contributed by atoms with van der Waals surface area (Å²) in [4.78, 5) is 21.7. The number of hydrazone groups is 1. The van der Waals surface area contributed by atoms with E-state index in [4.69, 9.17) is 4.98 Å². The third-order valence-electron chi connectivity index (χ3n) is 4.43. The molecular weight excluding hydrogens is 348 g/mol. The first-order valence-electron chi connectivity index (χ1n) is 8.92. The van der Waals surface area contributed by atoms with Crippen LogP contribution in [0.4, 0.5) is 0 Å². The molecule has 4 rings (SSSR count). The van der Waals surface area contributed by atoms with Crippen molar-refractivity contribution in [3.63, 3.8) is 0 Å². The molecule has 2 heterocycles. The van der Waals surface area contributed by atoms with Crippen molar-refractivity contribution in [3.05, 3.63) is 96.3 Å². The summed E-state index contributed by atoms with van der Waals surface area (Å²) in [5, 5.41) is 5.02. The molecule has 136 valence electrons. The van der Waals surface area contributed by atoms with Crippen molar-refractivity contribution in [2.45, 2.75) is 6.92 Å². The van der Waals surface area contributed by atoms with Crippen LogP contribution in [0.3, 0.4) is 0 Å². The Kier molecular flexibility index (Phi) is 4.89. The fraction of sp³-hybridized carbons (Fsp3) is 0.0435. The summed E-state index contributed by atoms with van der Waals surface area (Å²) in [6.45, 7) is 1.83. The molecule has 0 saturated heterocycles. The Morgan fingerprint density at radius 2 is 1.75 bits per heavy atom. The fourth-order valence-corrected chi connectivity index (χ4v) is 2.96. The van der Waals surface area contributed by atoms with Gasteiger partial charge in [-0.15, -0.1) is 0 Å². The summed E-state index contributed by atoms with van der Waals surface area (Å²) in [6, 6.07) is 23.0. The summed E-state index contributed by atoms with van der Waals surface area (Å²) in [5.74, 6) is -0.279. The van der Waals surface area contributed by atoms with E-state index in [1.165, 1.54) is 0 Å². The molecule has 5 heteroatoms.